The number of halogens is 1. The first-order chi connectivity index (χ1) is 8.50. The third-order valence-electron chi connectivity index (χ3n) is 4.38. The van der Waals surface area contributed by atoms with E-state index in [-0.39, 0.29) is 0 Å². The first kappa shape index (κ1) is 13.9. The van der Waals surface area contributed by atoms with Crippen molar-refractivity contribution in [2.45, 2.75) is 51.6 Å². The SMILES string of the molecule is CC(C)C1CCC(O)(Cc2ccccc2Cl)CC1. The molecule has 0 unspecified atom stereocenters. The third kappa shape index (κ3) is 3.27. The van der Waals surface area contributed by atoms with Crippen molar-refractivity contribution in [2.24, 2.45) is 11.8 Å². The van der Waals surface area contributed by atoms with Crippen LogP contribution in [0.4, 0.5) is 0 Å². The fraction of sp³-hybridized carbons (Fsp3) is 0.625. The van der Waals surface area contributed by atoms with Crippen molar-refractivity contribution in [3.8, 4) is 0 Å². The molecule has 0 amide bonds. The predicted octanol–water partition coefficient (Wildman–Crippen LogP) is 4.46. The summed E-state index contributed by atoms with van der Waals surface area (Å²) in [5.41, 5.74) is 0.529. The van der Waals surface area contributed by atoms with Gasteiger partial charge in [-0.3, -0.25) is 0 Å². The highest BCUT2D eigenvalue weighted by molar-refractivity contribution is 6.31. The molecule has 18 heavy (non-hydrogen) atoms. The van der Waals surface area contributed by atoms with Gasteiger partial charge in [0.05, 0.1) is 5.60 Å². The number of hydrogen-bond acceptors (Lipinski definition) is 1. The average Bonchev–Trinajstić information content (AvgIpc) is 2.32. The second-order valence-electron chi connectivity index (χ2n) is 6.07. The molecule has 2 rings (SSSR count). The Bertz CT molecular complexity index is 392. The Kier molecular flexibility index (Phi) is 4.34. The topological polar surface area (TPSA) is 20.2 Å². The van der Waals surface area contributed by atoms with Crippen molar-refractivity contribution in [3.05, 3.63) is 34.9 Å². The van der Waals surface area contributed by atoms with Crippen LogP contribution in [0.2, 0.25) is 5.02 Å². The van der Waals surface area contributed by atoms with Gasteiger partial charge in [0.15, 0.2) is 0 Å². The maximum absolute atomic E-state index is 10.7. The molecule has 0 radical (unpaired) electrons. The number of rotatable bonds is 3. The summed E-state index contributed by atoms with van der Waals surface area (Å²) in [5.74, 6) is 1.51. The smallest absolute Gasteiger partial charge is 0.0688 e. The van der Waals surface area contributed by atoms with Crippen LogP contribution in [0.3, 0.4) is 0 Å². The van der Waals surface area contributed by atoms with Gasteiger partial charge in [-0.2, -0.15) is 0 Å². The van der Waals surface area contributed by atoms with Crippen LogP contribution >= 0.6 is 11.6 Å². The van der Waals surface area contributed by atoms with Gasteiger partial charge in [0.25, 0.3) is 0 Å². The van der Waals surface area contributed by atoms with Gasteiger partial charge in [-0.15, -0.1) is 0 Å². The Balaban J connectivity index is 2.00. The Morgan fingerprint density at radius 3 is 2.44 bits per heavy atom. The average molecular weight is 267 g/mol. The summed E-state index contributed by atoms with van der Waals surface area (Å²) in [4.78, 5) is 0. The lowest BCUT2D eigenvalue weighted by atomic mass is 9.72. The molecule has 0 saturated heterocycles. The number of aliphatic hydroxyl groups is 1. The lowest BCUT2D eigenvalue weighted by Crippen LogP contribution is -2.37. The van der Waals surface area contributed by atoms with Crippen molar-refractivity contribution in [2.75, 3.05) is 0 Å². The van der Waals surface area contributed by atoms with Gasteiger partial charge >= 0.3 is 0 Å². The molecule has 0 aromatic heterocycles. The minimum atomic E-state index is -0.545. The van der Waals surface area contributed by atoms with Crippen LogP contribution in [0.1, 0.15) is 45.1 Å². The number of benzene rings is 1. The highest BCUT2D eigenvalue weighted by Crippen LogP contribution is 2.38. The summed E-state index contributed by atoms with van der Waals surface area (Å²) in [6.07, 6.45) is 4.77. The zero-order valence-electron chi connectivity index (χ0n) is 11.3. The van der Waals surface area contributed by atoms with Crippen LogP contribution in [-0.4, -0.2) is 10.7 Å². The van der Waals surface area contributed by atoms with Crippen molar-refractivity contribution in [3.63, 3.8) is 0 Å². The third-order valence-corrected chi connectivity index (χ3v) is 4.75. The molecule has 0 aliphatic heterocycles. The molecule has 1 nitrogen and oxygen atoms in total. The molecule has 0 atom stereocenters. The van der Waals surface area contributed by atoms with Crippen LogP contribution < -0.4 is 0 Å². The number of hydrogen-bond donors (Lipinski definition) is 1. The van der Waals surface area contributed by atoms with E-state index in [0.29, 0.717) is 6.42 Å². The Hall–Kier alpha value is -0.530. The minimum Gasteiger partial charge on any atom is -0.390 e. The zero-order valence-corrected chi connectivity index (χ0v) is 12.1. The summed E-state index contributed by atoms with van der Waals surface area (Å²) >= 11 is 6.17. The van der Waals surface area contributed by atoms with E-state index in [1.807, 2.05) is 24.3 Å². The van der Waals surface area contributed by atoms with Crippen LogP contribution in [0, 0.1) is 11.8 Å². The second-order valence-corrected chi connectivity index (χ2v) is 6.48. The highest BCUT2D eigenvalue weighted by atomic mass is 35.5. The molecule has 2 heteroatoms. The van der Waals surface area contributed by atoms with Gasteiger partial charge in [0.2, 0.25) is 0 Å². The highest BCUT2D eigenvalue weighted by Gasteiger charge is 2.34. The zero-order chi connectivity index (χ0) is 13.2. The fourth-order valence-electron chi connectivity index (χ4n) is 3.02. The molecule has 1 fully saturated rings. The van der Waals surface area contributed by atoms with Gasteiger partial charge in [-0.05, 0) is 49.1 Å². The standard InChI is InChI=1S/C16H23ClO/c1-12(2)13-7-9-16(18,10-8-13)11-14-5-3-4-6-15(14)17/h3-6,12-13,18H,7-11H2,1-2H3. The Morgan fingerprint density at radius 2 is 1.89 bits per heavy atom. The predicted molar refractivity (Wildman–Crippen MR) is 76.9 cm³/mol. The van der Waals surface area contributed by atoms with Gasteiger partial charge in [0, 0.05) is 11.4 Å². The Morgan fingerprint density at radius 1 is 1.28 bits per heavy atom. The fourth-order valence-corrected chi connectivity index (χ4v) is 3.22. The van der Waals surface area contributed by atoms with Crippen molar-refractivity contribution < 1.29 is 5.11 Å². The molecule has 1 aliphatic rings. The molecule has 1 saturated carbocycles. The largest absolute Gasteiger partial charge is 0.390 e. The van der Waals surface area contributed by atoms with Crippen LogP contribution in [0.25, 0.3) is 0 Å². The van der Waals surface area contributed by atoms with Crippen LogP contribution in [-0.2, 0) is 6.42 Å². The van der Waals surface area contributed by atoms with Crippen molar-refractivity contribution in [1.29, 1.82) is 0 Å². The minimum absolute atomic E-state index is 0.545. The van der Waals surface area contributed by atoms with E-state index in [9.17, 15) is 5.11 Å². The summed E-state index contributed by atoms with van der Waals surface area (Å²) in [6.45, 7) is 4.56. The van der Waals surface area contributed by atoms with Gasteiger partial charge in [-0.1, -0.05) is 43.6 Å². The van der Waals surface area contributed by atoms with Gasteiger partial charge in [-0.25, -0.2) is 0 Å². The molecule has 1 N–H and O–H groups in total. The summed E-state index contributed by atoms with van der Waals surface area (Å²) in [7, 11) is 0. The molecule has 1 aliphatic carbocycles. The molecule has 1 aromatic rings. The van der Waals surface area contributed by atoms with Gasteiger partial charge in [0.1, 0.15) is 0 Å². The lowest BCUT2D eigenvalue weighted by molar-refractivity contribution is -0.0146. The lowest BCUT2D eigenvalue weighted by Gasteiger charge is -2.37. The van der Waals surface area contributed by atoms with Crippen molar-refractivity contribution in [1.82, 2.24) is 0 Å². The van der Waals surface area contributed by atoms with Crippen LogP contribution in [0.5, 0.6) is 0 Å². The summed E-state index contributed by atoms with van der Waals surface area (Å²) < 4.78 is 0. The van der Waals surface area contributed by atoms with Gasteiger partial charge < -0.3 is 5.11 Å². The maximum Gasteiger partial charge on any atom is 0.0688 e. The maximum atomic E-state index is 10.7. The molecule has 100 valence electrons. The quantitative estimate of drug-likeness (QED) is 0.856. The molecule has 0 heterocycles. The van der Waals surface area contributed by atoms with Crippen LogP contribution in [0.15, 0.2) is 24.3 Å². The molecule has 0 bridgehead atoms. The summed E-state index contributed by atoms with van der Waals surface area (Å²) in [6, 6.07) is 7.85. The monoisotopic (exact) mass is 266 g/mol. The molecule has 1 aromatic carbocycles. The molecular formula is C16H23ClO. The molecular weight excluding hydrogens is 244 g/mol. The normalized spacial score (nSPS) is 28.6. The van der Waals surface area contributed by atoms with E-state index in [1.165, 1.54) is 0 Å². The summed E-state index contributed by atoms with van der Waals surface area (Å²) in [5, 5.41) is 11.5. The van der Waals surface area contributed by atoms with E-state index in [1.54, 1.807) is 0 Å². The van der Waals surface area contributed by atoms with E-state index >= 15 is 0 Å². The van der Waals surface area contributed by atoms with E-state index in [4.69, 9.17) is 11.6 Å². The van der Waals surface area contributed by atoms with Crippen molar-refractivity contribution >= 4 is 11.6 Å². The Labute approximate surface area is 115 Å². The molecule has 0 spiro atoms. The second kappa shape index (κ2) is 5.63. The van der Waals surface area contributed by atoms with E-state index in [0.717, 1.165) is 48.1 Å². The van der Waals surface area contributed by atoms with E-state index in [2.05, 4.69) is 13.8 Å². The first-order valence-corrected chi connectivity index (χ1v) is 7.34. The first-order valence-electron chi connectivity index (χ1n) is 6.96. The van der Waals surface area contributed by atoms with E-state index < -0.39 is 5.60 Å².